The zero-order valence-corrected chi connectivity index (χ0v) is 10.6. The van der Waals surface area contributed by atoms with Crippen molar-refractivity contribution in [2.24, 2.45) is 5.18 Å². The van der Waals surface area contributed by atoms with Crippen molar-refractivity contribution in [2.45, 2.75) is 0 Å². The summed E-state index contributed by atoms with van der Waals surface area (Å²) in [4.78, 5) is 22.7. The zero-order chi connectivity index (χ0) is 15.0. The van der Waals surface area contributed by atoms with Crippen LogP contribution in [-0.2, 0) is 0 Å². The molecule has 0 amide bonds. The zero-order valence-electron chi connectivity index (χ0n) is 10.6. The molecule has 0 aromatic heterocycles. The number of hydrogen-bond acceptors (Lipinski definition) is 6. The molecule has 6 heteroatoms. The average Bonchev–Trinajstić information content (AvgIpc) is 2.78. The minimum atomic E-state index is -0.479. The Morgan fingerprint density at radius 3 is 2.48 bits per heavy atom. The number of carbonyl (C=O) groups excluding carboxylic acids is 1. The summed E-state index contributed by atoms with van der Waals surface area (Å²) in [6.45, 7) is 0. The van der Waals surface area contributed by atoms with E-state index in [1.807, 2.05) is 0 Å². The number of allylic oxidation sites excluding steroid dienone is 1. The maximum atomic E-state index is 12.2. The fourth-order valence-electron chi connectivity index (χ4n) is 2.05. The molecule has 2 aromatic rings. The molecule has 0 spiro atoms. The first-order valence-electron chi connectivity index (χ1n) is 6.02. The van der Waals surface area contributed by atoms with Gasteiger partial charge in [0, 0.05) is 12.1 Å². The van der Waals surface area contributed by atoms with Crippen molar-refractivity contribution in [2.75, 3.05) is 0 Å². The van der Waals surface area contributed by atoms with Gasteiger partial charge < -0.3 is 14.9 Å². The van der Waals surface area contributed by atoms with Gasteiger partial charge in [-0.15, -0.1) is 4.91 Å². The lowest BCUT2D eigenvalue weighted by Gasteiger charge is -1.99. The number of Topliss-reactive ketones (excluding diaryl/α,β-unsaturated/α-hetero) is 1. The molecule has 0 radical (unpaired) electrons. The monoisotopic (exact) mass is 283 g/mol. The predicted molar refractivity (Wildman–Crippen MR) is 74.6 cm³/mol. The van der Waals surface area contributed by atoms with Crippen molar-refractivity contribution < 1.29 is 19.7 Å². The van der Waals surface area contributed by atoms with Gasteiger partial charge in [-0.2, -0.15) is 0 Å². The Bertz CT molecular complexity index is 777. The molecule has 1 aliphatic heterocycles. The van der Waals surface area contributed by atoms with Crippen molar-refractivity contribution in [3.63, 3.8) is 0 Å². The predicted octanol–water partition coefficient (Wildman–Crippen LogP) is 3.11. The lowest BCUT2D eigenvalue weighted by atomic mass is 10.1. The molecule has 2 N–H and O–H groups in total. The standard InChI is InChI=1S/C15H9NO5/c17-10-3-1-8(2-4-10)5-13-15(19)14-11(18)6-9(16-20)7-12(14)21-13/h1-7,17-18H/b13-5-. The number of ketones is 1. The summed E-state index contributed by atoms with van der Waals surface area (Å²) < 4.78 is 5.37. The molecule has 0 aliphatic carbocycles. The molecule has 2 aromatic carbocycles. The highest BCUT2D eigenvalue weighted by Gasteiger charge is 2.31. The number of nitroso groups, excluding NO2 is 1. The fourth-order valence-corrected chi connectivity index (χ4v) is 2.05. The Morgan fingerprint density at radius 1 is 1.10 bits per heavy atom. The Kier molecular flexibility index (Phi) is 2.91. The minimum Gasteiger partial charge on any atom is -0.508 e. The van der Waals surface area contributed by atoms with E-state index >= 15 is 0 Å². The van der Waals surface area contributed by atoms with Gasteiger partial charge in [0.15, 0.2) is 5.76 Å². The van der Waals surface area contributed by atoms with Gasteiger partial charge in [0.05, 0.1) is 0 Å². The maximum absolute atomic E-state index is 12.2. The first-order chi connectivity index (χ1) is 10.1. The number of nitrogens with zero attached hydrogens (tertiary/aromatic N) is 1. The summed E-state index contributed by atoms with van der Waals surface area (Å²) >= 11 is 0. The van der Waals surface area contributed by atoms with E-state index in [-0.39, 0.29) is 34.3 Å². The Morgan fingerprint density at radius 2 is 1.81 bits per heavy atom. The summed E-state index contributed by atoms with van der Waals surface area (Å²) in [5, 5.41) is 21.7. The van der Waals surface area contributed by atoms with Crippen molar-refractivity contribution in [1.29, 1.82) is 0 Å². The van der Waals surface area contributed by atoms with Crippen molar-refractivity contribution in [3.05, 3.63) is 58.2 Å². The van der Waals surface area contributed by atoms with Crippen LogP contribution in [0.4, 0.5) is 5.69 Å². The first-order valence-corrected chi connectivity index (χ1v) is 6.02. The first kappa shape index (κ1) is 12.9. The second-order valence-corrected chi connectivity index (χ2v) is 4.46. The highest BCUT2D eigenvalue weighted by atomic mass is 16.5. The molecule has 0 saturated carbocycles. The number of carbonyl (C=O) groups is 1. The number of hydrogen-bond donors (Lipinski definition) is 2. The Labute approximate surface area is 118 Å². The third-order valence-electron chi connectivity index (χ3n) is 3.03. The van der Waals surface area contributed by atoms with Gasteiger partial charge in [-0.3, -0.25) is 4.79 Å². The number of rotatable bonds is 2. The van der Waals surface area contributed by atoms with Crippen LogP contribution in [0.15, 0.2) is 47.3 Å². The van der Waals surface area contributed by atoms with E-state index in [1.165, 1.54) is 24.3 Å². The number of ether oxygens (including phenoxy) is 1. The summed E-state index contributed by atoms with van der Waals surface area (Å²) in [7, 11) is 0. The third-order valence-corrected chi connectivity index (χ3v) is 3.03. The van der Waals surface area contributed by atoms with Gasteiger partial charge in [-0.05, 0) is 28.9 Å². The summed E-state index contributed by atoms with van der Waals surface area (Å²) in [6, 6.07) is 8.57. The lowest BCUT2D eigenvalue weighted by molar-refractivity contribution is 0.101. The Balaban J connectivity index is 2.02. The van der Waals surface area contributed by atoms with E-state index in [2.05, 4.69) is 5.18 Å². The van der Waals surface area contributed by atoms with E-state index < -0.39 is 5.78 Å². The van der Waals surface area contributed by atoms with Gasteiger partial charge in [0.2, 0.25) is 5.78 Å². The summed E-state index contributed by atoms with van der Waals surface area (Å²) in [5.41, 5.74) is 0.634. The van der Waals surface area contributed by atoms with Gasteiger partial charge >= 0.3 is 0 Å². The molecule has 21 heavy (non-hydrogen) atoms. The highest BCUT2D eigenvalue weighted by Crippen LogP contribution is 2.40. The van der Waals surface area contributed by atoms with Gasteiger partial charge in [0.1, 0.15) is 28.5 Å². The average molecular weight is 283 g/mol. The molecule has 0 saturated heterocycles. The number of fused-ring (bicyclic) bond motifs is 1. The van der Waals surface area contributed by atoms with Gasteiger partial charge in [0.25, 0.3) is 0 Å². The third kappa shape index (κ3) is 2.23. The molecule has 3 rings (SSSR count). The largest absolute Gasteiger partial charge is 0.508 e. The molecule has 0 bridgehead atoms. The van der Waals surface area contributed by atoms with E-state index in [0.717, 1.165) is 6.07 Å². The molecule has 0 atom stereocenters. The van der Waals surface area contributed by atoms with Gasteiger partial charge in [-0.1, -0.05) is 12.1 Å². The Hall–Kier alpha value is -3.15. The molecule has 1 aliphatic rings. The molecule has 6 nitrogen and oxygen atoms in total. The van der Waals surface area contributed by atoms with Crippen LogP contribution in [-0.4, -0.2) is 16.0 Å². The second-order valence-electron chi connectivity index (χ2n) is 4.46. The van der Waals surface area contributed by atoms with Crippen LogP contribution >= 0.6 is 0 Å². The fraction of sp³-hybridized carbons (Fsp3) is 0. The number of phenolic OH excluding ortho intramolecular Hbond substituents is 2. The molecule has 0 unspecified atom stereocenters. The minimum absolute atomic E-state index is 0.00688. The molecule has 1 heterocycles. The lowest BCUT2D eigenvalue weighted by Crippen LogP contribution is -1.98. The summed E-state index contributed by atoms with van der Waals surface area (Å²) in [5.74, 6) is -0.596. The molecular weight excluding hydrogens is 274 g/mol. The van der Waals surface area contributed by atoms with Crippen LogP contribution in [0.5, 0.6) is 17.2 Å². The number of phenols is 2. The van der Waals surface area contributed by atoms with Crippen LogP contribution in [0.1, 0.15) is 15.9 Å². The molecule has 0 fully saturated rings. The maximum Gasteiger partial charge on any atom is 0.235 e. The van der Waals surface area contributed by atoms with Gasteiger partial charge in [-0.25, -0.2) is 0 Å². The van der Waals surface area contributed by atoms with E-state index in [1.54, 1.807) is 12.1 Å². The molecular formula is C15H9NO5. The van der Waals surface area contributed by atoms with Crippen LogP contribution < -0.4 is 4.74 Å². The highest BCUT2D eigenvalue weighted by molar-refractivity contribution is 6.16. The smallest absolute Gasteiger partial charge is 0.235 e. The number of aromatic hydroxyl groups is 2. The van der Waals surface area contributed by atoms with Crippen molar-refractivity contribution >= 4 is 17.5 Å². The number of benzene rings is 2. The van der Waals surface area contributed by atoms with E-state index in [4.69, 9.17) is 4.74 Å². The van der Waals surface area contributed by atoms with E-state index in [0.29, 0.717) is 5.56 Å². The van der Waals surface area contributed by atoms with Crippen molar-refractivity contribution in [3.8, 4) is 17.2 Å². The van der Waals surface area contributed by atoms with Crippen LogP contribution in [0.2, 0.25) is 0 Å². The van der Waals surface area contributed by atoms with Crippen LogP contribution in [0.25, 0.3) is 6.08 Å². The molecule has 104 valence electrons. The SMILES string of the molecule is O=Nc1cc(O)c2c(c1)O/C(=C\c1ccc(O)cc1)C2=O. The quantitative estimate of drug-likeness (QED) is 0.652. The van der Waals surface area contributed by atoms with Crippen molar-refractivity contribution in [1.82, 2.24) is 0 Å². The van der Waals surface area contributed by atoms with Crippen LogP contribution in [0.3, 0.4) is 0 Å². The topological polar surface area (TPSA) is 96.2 Å². The van der Waals surface area contributed by atoms with E-state index in [9.17, 15) is 19.9 Å². The second kappa shape index (κ2) is 4.75. The summed E-state index contributed by atoms with van der Waals surface area (Å²) in [6.07, 6.45) is 1.48. The van der Waals surface area contributed by atoms with Crippen LogP contribution in [0, 0.1) is 4.91 Å². The normalized spacial score (nSPS) is 14.9.